The van der Waals surface area contributed by atoms with E-state index in [0.717, 1.165) is 74.7 Å². The van der Waals surface area contributed by atoms with Crippen LogP contribution in [0.1, 0.15) is 67.8 Å². The number of rotatable bonds is 7. The molecule has 2 fully saturated rings. The Kier molecular flexibility index (Phi) is 8.39. The van der Waals surface area contributed by atoms with Crippen LogP contribution in [0.4, 0.5) is 0 Å². The summed E-state index contributed by atoms with van der Waals surface area (Å²) in [4.78, 5) is 34.2. The number of halogens is 1. The first kappa shape index (κ1) is 26.8. The van der Waals surface area contributed by atoms with Gasteiger partial charge in [0.15, 0.2) is 0 Å². The summed E-state index contributed by atoms with van der Waals surface area (Å²) >= 11 is 6.45. The molecule has 2 aliphatic rings. The number of likely N-dealkylation sites (tertiary alicyclic amines) is 2. The van der Waals surface area contributed by atoms with E-state index in [0.29, 0.717) is 22.5 Å². The SMILES string of the molecule is CCC(C)C(C(=O)NC1CCN(C2CCN(C(=O)c3cc4cc[nH]c4cc3Cl)CC2)CC1)c1ccccc1. The van der Waals surface area contributed by atoms with E-state index in [2.05, 4.69) is 41.2 Å². The van der Waals surface area contributed by atoms with Crippen molar-refractivity contribution in [2.45, 2.75) is 64.0 Å². The van der Waals surface area contributed by atoms with Gasteiger partial charge in [-0.05, 0) is 55.4 Å². The zero-order chi connectivity index (χ0) is 26.6. The fourth-order valence-corrected chi connectivity index (χ4v) is 6.42. The number of hydrogen-bond acceptors (Lipinski definition) is 3. The van der Waals surface area contributed by atoms with Crippen molar-refractivity contribution in [3.8, 4) is 0 Å². The molecule has 2 N–H and O–H groups in total. The summed E-state index contributed by atoms with van der Waals surface area (Å²) in [6.07, 6.45) is 6.72. The van der Waals surface area contributed by atoms with Gasteiger partial charge in [0.2, 0.25) is 5.91 Å². The Morgan fingerprint density at radius 2 is 1.74 bits per heavy atom. The lowest BCUT2D eigenvalue weighted by Gasteiger charge is -2.42. The van der Waals surface area contributed by atoms with Gasteiger partial charge < -0.3 is 20.1 Å². The Labute approximate surface area is 230 Å². The molecule has 1 aromatic heterocycles. The van der Waals surface area contributed by atoms with Crippen molar-refractivity contribution in [3.63, 3.8) is 0 Å². The highest BCUT2D eigenvalue weighted by Crippen LogP contribution is 2.29. The number of benzene rings is 2. The van der Waals surface area contributed by atoms with Gasteiger partial charge in [-0.2, -0.15) is 0 Å². The summed E-state index contributed by atoms with van der Waals surface area (Å²) < 4.78 is 0. The third kappa shape index (κ3) is 5.76. The van der Waals surface area contributed by atoms with Crippen LogP contribution >= 0.6 is 11.6 Å². The van der Waals surface area contributed by atoms with E-state index in [1.807, 2.05) is 47.5 Å². The number of H-pyrrole nitrogens is 1. The number of hydrogen-bond donors (Lipinski definition) is 2. The maximum absolute atomic E-state index is 13.3. The first-order chi connectivity index (χ1) is 18.4. The van der Waals surface area contributed by atoms with Crippen molar-refractivity contribution < 1.29 is 9.59 Å². The standard InChI is InChI=1S/C31H39ClN4O2/c1-3-21(2)29(22-7-5-4-6-8-22)30(37)34-24-10-15-35(16-11-24)25-12-17-36(18-13-25)31(38)26-19-23-9-14-33-28(23)20-27(26)32/h4-9,14,19-21,24-25,29,33H,3,10-13,15-18H2,1-2H3,(H,34,37). The lowest BCUT2D eigenvalue weighted by atomic mass is 9.84. The number of amides is 2. The molecule has 3 heterocycles. The fourth-order valence-electron chi connectivity index (χ4n) is 6.18. The average molecular weight is 535 g/mol. The number of nitrogens with zero attached hydrogens (tertiary/aromatic N) is 2. The van der Waals surface area contributed by atoms with E-state index < -0.39 is 0 Å². The fraction of sp³-hybridized carbons (Fsp3) is 0.484. The Morgan fingerprint density at radius 3 is 2.42 bits per heavy atom. The third-order valence-electron chi connectivity index (χ3n) is 8.67. The highest BCUT2D eigenvalue weighted by molar-refractivity contribution is 6.34. The Morgan fingerprint density at radius 1 is 1.03 bits per heavy atom. The van der Waals surface area contributed by atoms with Crippen molar-refractivity contribution in [2.24, 2.45) is 5.92 Å². The summed E-state index contributed by atoms with van der Waals surface area (Å²) in [5, 5.41) is 4.88. The number of nitrogens with one attached hydrogen (secondary N) is 2. The predicted molar refractivity (Wildman–Crippen MR) is 154 cm³/mol. The highest BCUT2D eigenvalue weighted by atomic mass is 35.5. The lowest BCUT2D eigenvalue weighted by Crippen LogP contribution is -2.52. The van der Waals surface area contributed by atoms with Gasteiger partial charge in [-0.1, -0.05) is 62.2 Å². The quantitative estimate of drug-likeness (QED) is 0.400. The predicted octanol–water partition coefficient (Wildman–Crippen LogP) is 5.84. The molecule has 3 aromatic rings. The van der Waals surface area contributed by atoms with Crippen LogP contribution in [0.2, 0.25) is 5.02 Å². The summed E-state index contributed by atoms with van der Waals surface area (Å²) in [6, 6.07) is 16.6. The number of piperidine rings is 2. The molecule has 2 aliphatic heterocycles. The number of carbonyl (C=O) groups excluding carboxylic acids is 2. The number of aromatic nitrogens is 1. The van der Waals surface area contributed by atoms with E-state index in [1.54, 1.807) is 0 Å². The molecule has 2 saturated heterocycles. The van der Waals surface area contributed by atoms with Crippen LogP contribution in [0.3, 0.4) is 0 Å². The molecule has 38 heavy (non-hydrogen) atoms. The molecule has 5 rings (SSSR count). The second-order valence-corrected chi connectivity index (χ2v) is 11.4. The maximum Gasteiger partial charge on any atom is 0.255 e. The molecular formula is C31H39ClN4O2. The summed E-state index contributed by atoms with van der Waals surface area (Å²) in [5.41, 5.74) is 2.63. The van der Waals surface area contributed by atoms with Gasteiger partial charge in [-0.3, -0.25) is 9.59 Å². The minimum atomic E-state index is -0.104. The molecule has 2 aromatic carbocycles. The van der Waals surface area contributed by atoms with Crippen LogP contribution in [-0.4, -0.2) is 64.9 Å². The van der Waals surface area contributed by atoms with Crippen LogP contribution in [0.15, 0.2) is 54.7 Å². The van der Waals surface area contributed by atoms with Gasteiger partial charge in [0.1, 0.15) is 0 Å². The average Bonchev–Trinajstić information content (AvgIpc) is 3.40. The molecule has 6 nitrogen and oxygen atoms in total. The minimum absolute atomic E-state index is 0.0206. The Bertz CT molecular complexity index is 1240. The summed E-state index contributed by atoms with van der Waals surface area (Å²) in [5.74, 6) is 0.373. The smallest absolute Gasteiger partial charge is 0.255 e. The maximum atomic E-state index is 13.3. The van der Waals surface area contributed by atoms with Gasteiger partial charge in [0, 0.05) is 55.4 Å². The zero-order valence-electron chi connectivity index (χ0n) is 22.5. The van der Waals surface area contributed by atoms with E-state index in [4.69, 9.17) is 11.6 Å². The highest BCUT2D eigenvalue weighted by Gasteiger charge is 2.32. The first-order valence-corrected chi connectivity index (χ1v) is 14.5. The van der Waals surface area contributed by atoms with Crippen molar-refractivity contribution in [1.29, 1.82) is 0 Å². The Hall–Kier alpha value is -2.83. The Balaban J connectivity index is 1.11. The minimum Gasteiger partial charge on any atom is -0.361 e. The monoisotopic (exact) mass is 534 g/mol. The first-order valence-electron chi connectivity index (χ1n) is 14.1. The molecule has 0 saturated carbocycles. The molecular weight excluding hydrogens is 496 g/mol. The van der Waals surface area contributed by atoms with Gasteiger partial charge in [0.05, 0.1) is 16.5 Å². The van der Waals surface area contributed by atoms with Crippen LogP contribution in [0.25, 0.3) is 10.9 Å². The van der Waals surface area contributed by atoms with Crippen molar-refractivity contribution in [3.05, 3.63) is 70.9 Å². The van der Waals surface area contributed by atoms with Gasteiger partial charge in [-0.25, -0.2) is 0 Å². The number of carbonyl (C=O) groups is 2. The van der Waals surface area contributed by atoms with E-state index >= 15 is 0 Å². The van der Waals surface area contributed by atoms with Crippen LogP contribution in [-0.2, 0) is 4.79 Å². The normalized spacial score (nSPS) is 19.4. The summed E-state index contributed by atoms with van der Waals surface area (Å²) in [6.45, 7) is 7.78. The number of aromatic amines is 1. The van der Waals surface area contributed by atoms with Crippen molar-refractivity contribution >= 4 is 34.3 Å². The van der Waals surface area contributed by atoms with E-state index in [-0.39, 0.29) is 23.8 Å². The molecule has 0 spiro atoms. The topological polar surface area (TPSA) is 68.4 Å². The molecule has 0 bridgehead atoms. The molecule has 2 unspecified atom stereocenters. The van der Waals surface area contributed by atoms with Crippen LogP contribution < -0.4 is 5.32 Å². The molecule has 202 valence electrons. The van der Waals surface area contributed by atoms with Crippen LogP contribution in [0.5, 0.6) is 0 Å². The lowest BCUT2D eigenvalue weighted by molar-refractivity contribution is -0.124. The zero-order valence-corrected chi connectivity index (χ0v) is 23.2. The van der Waals surface area contributed by atoms with Crippen LogP contribution in [0, 0.1) is 5.92 Å². The van der Waals surface area contributed by atoms with Gasteiger partial charge in [-0.15, -0.1) is 0 Å². The summed E-state index contributed by atoms with van der Waals surface area (Å²) in [7, 11) is 0. The third-order valence-corrected chi connectivity index (χ3v) is 8.98. The molecule has 7 heteroatoms. The largest absolute Gasteiger partial charge is 0.361 e. The molecule has 2 amide bonds. The van der Waals surface area contributed by atoms with Crippen molar-refractivity contribution in [1.82, 2.24) is 20.1 Å². The van der Waals surface area contributed by atoms with E-state index in [9.17, 15) is 9.59 Å². The molecule has 2 atom stereocenters. The van der Waals surface area contributed by atoms with Gasteiger partial charge >= 0.3 is 0 Å². The van der Waals surface area contributed by atoms with Crippen molar-refractivity contribution in [2.75, 3.05) is 26.2 Å². The van der Waals surface area contributed by atoms with E-state index in [1.165, 1.54) is 0 Å². The molecule has 0 aliphatic carbocycles. The second kappa shape index (κ2) is 11.9. The molecule has 0 radical (unpaired) electrons. The van der Waals surface area contributed by atoms with Gasteiger partial charge in [0.25, 0.3) is 5.91 Å². The number of fused-ring (bicyclic) bond motifs is 1. The second-order valence-electron chi connectivity index (χ2n) is 11.0.